The van der Waals surface area contributed by atoms with Crippen molar-refractivity contribution in [1.82, 2.24) is 0 Å². The SMILES string of the molecule is CCCCOc1cc(O)c2c(c1)oc(=O)c1c3cc(O)c(O)cc3oc21. The van der Waals surface area contributed by atoms with Gasteiger partial charge < -0.3 is 28.9 Å². The van der Waals surface area contributed by atoms with Gasteiger partial charge in [0.25, 0.3) is 0 Å². The molecule has 0 saturated carbocycles. The Labute approximate surface area is 146 Å². The molecule has 0 unspecified atom stereocenters. The number of fused-ring (bicyclic) bond motifs is 5. The second-order valence-electron chi connectivity index (χ2n) is 6.05. The summed E-state index contributed by atoms with van der Waals surface area (Å²) in [4.78, 5) is 12.5. The molecule has 0 amide bonds. The molecule has 0 atom stereocenters. The monoisotopic (exact) mass is 356 g/mol. The van der Waals surface area contributed by atoms with Crippen molar-refractivity contribution in [2.75, 3.05) is 6.61 Å². The number of phenolic OH excluding ortho intramolecular Hbond substituents is 3. The summed E-state index contributed by atoms with van der Waals surface area (Å²) in [7, 11) is 0. The molecule has 0 aliphatic heterocycles. The lowest BCUT2D eigenvalue weighted by Crippen LogP contribution is -2.00. The number of unbranched alkanes of at least 4 members (excludes halogenated alkanes) is 1. The molecule has 0 saturated heterocycles. The molecule has 2 aromatic carbocycles. The Bertz CT molecular complexity index is 1200. The number of aromatic hydroxyl groups is 3. The maximum atomic E-state index is 12.5. The van der Waals surface area contributed by atoms with Gasteiger partial charge in [0.2, 0.25) is 0 Å². The summed E-state index contributed by atoms with van der Waals surface area (Å²) in [6.07, 6.45) is 1.83. The Kier molecular flexibility index (Phi) is 3.64. The maximum Gasteiger partial charge on any atom is 0.348 e. The first-order chi connectivity index (χ1) is 12.5. The van der Waals surface area contributed by atoms with Crippen LogP contribution in [-0.2, 0) is 0 Å². The van der Waals surface area contributed by atoms with Crippen LogP contribution >= 0.6 is 0 Å². The fourth-order valence-electron chi connectivity index (χ4n) is 2.95. The van der Waals surface area contributed by atoms with E-state index in [-0.39, 0.29) is 50.2 Å². The molecule has 4 aromatic rings. The van der Waals surface area contributed by atoms with Crippen molar-refractivity contribution < 1.29 is 28.9 Å². The standard InChI is InChI=1S/C19H16O7/c1-2-3-4-24-9-5-13(22)17-15(6-9)26-19(23)16-10-7-11(20)12(21)8-14(10)25-18(16)17/h5-8,20-22H,2-4H2,1H3. The van der Waals surface area contributed by atoms with E-state index in [2.05, 4.69) is 0 Å². The summed E-state index contributed by atoms with van der Waals surface area (Å²) in [6, 6.07) is 5.38. The average molecular weight is 356 g/mol. The Morgan fingerprint density at radius 1 is 0.923 bits per heavy atom. The van der Waals surface area contributed by atoms with Crippen molar-refractivity contribution in [3.8, 4) is 23.0 Å². The van der Waals surface area contributed by atoms with Gasteiger partial charge in [-0.05, 0) is 12.5 Å². The van der Waals surface area contributed by atoms with E-state index < -0.39 is 5.63 Å². The van der Waals surface area contributed by atoms with Crippen LogP contribution in [0.1, 0.15) is 19.8 Å². The second-order valence-corrected chi connectivity index (χ2v) is 6.05. The van der Waals surface area contributed by atoms with E-state index >= 15 is 0 Å². The normalized spacial score (nSPS) is 11.6. The minimum absolute atomic E-state index is 0.0813. The van der Waals surface area contributed by atoms with E-state index in [1.807, 2.05) is 6.92 Å². The first kappa shape index (κ1) is 16.1. The topological polar surface area (TPSA) is 113 Å². The maximum absolute atomic E-state index is 12.5. The number of ether oxygens (including phenoxy) is 1. The zero-order chi connectivity index (χ0) is 18.4. The summed E-state index contributed by atoms with van der Waals surface area (Å²) in [5.41, 5.74) is -0.241. The predicted molar refractivity (Wildman–Crippen MR) is 95.2 cm³/mol. The highest BCUT2D eigenvalue weighted by molar-refractivity contribution is 6.15. The van der Waals surface area contributed by atoms with Crippen molar-refractivity contribution in [3.63, 3.8) is 0 Å². The van der Waals surface area contributed by atoms with Crippen LogP contribution in [-0.4, -0.2) is 21.9 Å². The fraction of sp³-hybridized carbons (Fsp3) is 0.211. The Hall–Kier alpha value is -3.35. The van der Waals surface area contributed by atoms with Crippen LogP contribution < -0.4 is 10.4 Å². The molecule has 4 rings (SSSR count). The van der Waals surface area contributed by atoms with Gasteiger partial charge in [0.05, 0.1) is 6.61 Å². The lowest BCUT2D eigenvalue weighted by atomic mass is 10.1. The highest BCUT2D eigenvalue weighted by Crippen LogP contribution is 2.40. The van der Waals surface area contributed by atoms with Crippen LogP contribution in [0.5, 0.6) is 23.0 Å². The molecule has 2 aromatic heterocycles. The van der Waals surface area contributed by atoms with E-state index in [0.717, 1.165) is 12.8 Å². The average Bonchev–Trinajstić information content (AvgIpc) is 2.93. The van der Waals surface area contributed by atoms with Crippen LogP contribution in [0, 0.1) is 0 Å². The molecular formula is C19H16O7. The Morgan fingerprint density at radius 2 is 1.69 bits per heavy atom. The van der Waals surface area contributed by atoms with Crippen molar-refractivity contribution >= 4 is 32.9 Å². The van der Waals surface area contributed by atoms with Crippen LogP contribution in [0.4, 0.5) is 0 Å². The zero-order valence-electron chi connectivity index (χ0n) is 13.9. The van der Waals surface area contributed by atoms with Gasteiger partial charge in [-0.15, -0.1) is 0 Å². The van der Waals surface area contributed by atoms with E-state index in [1.165, 1.54) is 24.3 Å². The molecule has 0 spiro atoms. The van der Waals surface area contributed by atoms with Gasteiger partial charge in [-0.25, -0.2) is 4.79 Å². The Balaban J connectivity index is 2.01. The molecule has 0 bridgehead atoms. The molecular weight excluding hydrogens is 340 g/mol. The second kappa shape index (κ2) is 5.87. The van der Waals surface area contributed by atoms with Gasteiger partial charge >= 0.3 is 5.63 Å². The van der Waals surface area contributed by atoms with E-state index in [1.54, 1.807) is 0 Å². The highest BCUT2D eigenvalue weighted by atomic mass is 16.5. The van der Waals surface area contributed by atoms with Gasteiger partial charge in [-0.2, -0.15) is 0 Å². The fourth-order valence-corrected chi connectivity index (χ4v) is 2.95. The summed E-state index contributed by atoms with van der Waals surface area (Å²) in [6.45, 7) is 2.52. The van der Waals surface area contributed by atoms with Crippen LogP contribution in [0.3, 0.4) is 0 Å². The smallest absolute Gasteiger partial charge is 0.348 e. The third-order valence-electron chi connectivity index (χ3n) is 4.24. The summed E-state index contributed by atoms with van der Waals surface area (Å²) >= 11 is 0. The molecule has 0 radical (unpaired) electrons. The highest BCUT2D eigenvalue weighted by Gasteiger charge is 2.20. The van der Waals surface area contributed by atoms with Gasteiger partial charge in [0, 0.05) is 23.6 Å². The molecule has 7 heteroatoms. The lowest BCUT2D eigenvalue weighted by Gasteiger charge is -2.07. The van der Waals surface area contributed by atoms with Gasteiger partial charge in [0.1, 0.15) is 33.4 Å². The first-order valence-electron chi connectivity index (χ1n) is 8.20. The molecule has 26 heavy (non-hydrogen) atoms. The molecule has 0 fully saturated rings. The molecule has 134 valence electrons. The minimum Gasteiger partial charge on any atom is -0.507 e. The number of rotatable bonds is 4. The van der Waals surface area contributed by atoms with Crippen molar-refractivity contribution in [1.29, 1.82) is 0 Å². The first-order valence-corrected chi connectivity index (χ1v) is 8.20. The number of furan rings is 1. The number of hydrogen-bond donors (Lipinski definition) is 3. The lowest BCUT2D eigenvalue weighted by molar-refractivity contribution is 0.307. The van der Waals surface area contributed by atoms with Crippen LogP contribution in [0.25, 0.3) is 32.9 Å². The number of benzene rings is 2. The molecule has 0 aliphatic carbocycles. The number of phenols is 3. The molecule has 2 heterocycles. The van der Waals surface area contributed by atoms with Crippen molar-refractivity contribution in [3.05, 3.63) is 34.7 Å². The zero-order valence-corrected chi connectivity index (χ0v) is 13.9. The molecule has 7 nitrogen and oxygen atoms in total. The van der Waals surface area contributed by atoms with Gasteiger partial charge in [-0.1, -0.05) is 13.3 Å². The van der Waals surface area contributed by atoms with Crippen molar-refractivity contribution in [2.24, 2.45) is 0 Å². The van der Waals surface area contributed by atoms with E-state index in [0.29, 0.717) is 12.4 Å². The minimum atomic E-state index is -0.679. The quantitative estimate of drug-likeness (QED) is 0.288. The summed E-state index contributed by atoms with van der Waals surface area (Å²) in [5.74, 6) is -0.530. The molecule has 3 N–H and O–H groups in total. The number of hydrogen-bond acceptors (Lipinski definition) is 7. The third kappa shape index (κ3) is 2.40. The van der Waals surface area contributed by atoms with Gasteiger partial charge in [-0.3, -0.25) is 0 Å². The van der Waals surface area contributed by atoms with Gasteiger partial charge in [0.15, 0.2) is 17.1 Å². The Morgan fingerprint density at radius 3 is 2.46 bits per heavy atom. The predicted octanol–water partition coefficient (Wildman–Crippen LogP) is 3.99. The van der Waals surface area contributed by atoms with Crippen molar-refractivity contribution in [2.45, 2.75) is 19.8 Å². The van der Waals surface area contributed by atoms with E-state index in [4.69, 9.17) is 13.6 Å². The summed E-state index contributed by atoms with van der Waals surface area (Å²) < 4.78 is 16.6. The molecule has 0 aliphatic rings. The van der Waals surface area contributed by atoms with Crippen LogP contribution in [0.15, 0.2) is 37.9 Å². The van der Waals surface area contributed by atoms with E-state index in [9.17, 15) is 20.1 Å². The summed E-state index contributed by atoms with van der Waals surface area (Å²) in [5, 5.41) is 30.4. The third-order valence-corrected chi connectivity index (χ3v) is 4.24. The van der Waals surface area contributed by atoms with Crippen LogP contribution in [0.2, 0.25) is 0 Å². The largest absolute Gasteiger partial charge is 0.507 e.